The minimum atomic E-state index is -0.0584. The molecule has 0 bridgehead atoms. The maximum absolute atomic E-state index is 12.9. The van der Waals surface area contributed by atoms with Gasteiger partial charge in [-0.25, -0.2) is 0 Å². The molecule has 25 heavy (non-hydrogen) atoms. The second kappa shape index (κ2) is 8.02. The van der Waals surface area contributed by atoms with E-state index >= 15 is 0 Å². The van der Waals surface area contributed by atoms with Crippen molar-refractivity contribution in [3.63, 3.8) is 0 Å². The Morgan fingerprint density at radius 2 is 1.96 bits per heavy atom. The summed E-state index contributed by atoms with van der Waals surface area (Å²) in [5.41, 5.74) is 3.87. The van der Waals surface area contributed by atoms with Crippen molar-refractivity contribution in [2.75, 3.05) is 6.54 Å². The van der Waals surface area contributed by atoms with Crippen LogP contribution >= 0.6 is 12.4 Å². The van der Waals surface area contributed by atoms with Gasteiger partial charge in [-0.05, 0) is 24.3 Å². The second-order valence-corrected chi connectivity index (χ2v) is 6.86. The Hall–Kier alpha value is -1.85. The average molecular weight is 361 g/mol. The van der Waals surface area contributed by atoms with Crippen LogP contribution in [0.15, 0.2) is 30.3 Å². The molecule has 5 nitrogen and oxygen atoms in total. The van der Waals surface area contributed by atoms with Crippen molar-refractivity contribution < 1.29 is 4.79 Å². The summed E-state index contributed by atoms with van der Waals surface area (Å²) in [6.45, 7) is 1.65. The topological polar surface area (TPSA) is 69.8 Å². The molecule has 1 unspecified atom stereocenters. The van der Waals surface area contributed by atoms with Gasteiger partial charge in [0.2, 0.25) is 0 Å². The summed E-state index contributed by atoms with van der Waals surface area (Å²) in [5, 5.41) is 13.9. The molecule has 1 atom stereocenters. The fraction of sp³-hybridized carbons (Fsp3) is 0.474. The molecule has 4 rings (SSSR count). The van der Waals surface area contributed by atoms with Gasteiger partial charge in [0, 0.05) is 30.8 Å². The molecule has 1 amide bonds. The molecule has 134 valence electrons. The van der Waals surface area contributed by atoms with E-state index in [-0.39, 0.29) is 24.4 Å². The molecule has 1 aromatic heterocycles. The van der Waals surface area contributed by atoms with Crippen LogP contribution in [0.25, 0.3) is 0 Å². The normalized spacial score (nSPS) is 18.2. The predicted octanol–water partition coefficient (Wildman–Crippen LogP) is 3.14. The van der Waals surface area contributed by atoms with Gasteiger partial charge in [-0.2, -0.15) is 5.10 Å². The third-order valence-corrected chi connectivity index (χ3v) is 5.34. The Morgan fingerprint density at radius 3 is 2.72 bits per heavy atom. The van der Waals surface area contributed by atoms with Crippen LogP contribution in [0.3, 0.4) is 0 Å². The van der Waals surface area contributed by atoms with E-state index in [4.69, 9.17) is 0 Å². The maximum Gasteiger partial charge on any atom is 0.272 e. The number of aromatic amines is 1. The molecule has 1 saturated carbocycles. The molecular weight excluding hydrogens is 336 g/mol. The first-order valence-corrected chi connectivity index (χ1v) is 8.95. The summed E-state index contributed by atoms with van der Waals surface area (Å²) in [5.74, 6) is 0.459. The van der Waals surface area contributed by atoms with Crippen LogP contribution in [0, 0.1) is 5.92 Å². The van der Waals surface area contributed by atoms with Gasteiger partial charge in [0.1, 0.15) is 0 Å². The van der Waals surface area contributed by atoms with Crippen LogP contribution in [0.1, 0.15) is 59.0 Å². The van der Waals surface area contributed by atoms with Crippen molar-refractivity contribution in [3.05, 3.63) is 52.8 Å². The highest BCUT2D eigenvalue weighted by atomic mass is 35.5. The Morgan fingerprint density at radius 1 is 1.20 bits per heavy atom. The second-order valence-electron chi connectivity index (χ2n) is 6.86. The van der Waals surface area contributed by atoms with Crippen molar-refractivity contribution in [1.82, 2.24) is 20.8 Å². The van der Waals surface area contributed by atoms with Crippen LogP contribution in [-0.2, 0) is 13.0 Å². The van der Waals surface area contributed by atoms with Gasteiger partial charge < -0.3 is 10.6 Å². The van der Waals surface area contributed by atoms with E-state index in [2.05, 4.69) is 33.0 Å². The van der Waals surface area contributed by atoms with Crippen LogP contribution in [0.2, 0.25) is 0 Å². The number of carbonyl (C=O) groups is 1. The molecule has 1 aliphatic heterocycles. The van der Waals surface area contributed by atoms with Crippen molar-refractivity contribution in [2.45, 2.75) is 44.7 Å². The maximum atomic E-state index is 12.9. The average Bonchev–Trinajstić information content (AvgIpc) is 3.30. The highest BCUT2D eigenvalue weighted by molar-refractivity contribution is 5.94. The highest BCUT2D eigenvalue weighted by Crippen LogP contribution is 2.36. The number of nitrogens with zero attached hydrogens (tertiary/aromatic N) is 1. The minimum absolute atomic E-state index is 0. The first-order chi connectivity index (χ1) is 11.8. The fourth-order valence-corrected chi connectivity index (χ4v) is 4.05. The molecule has 3 N–H and O–H groups in total. The number of aromatic nitrogens is 2. The van der Waals surface area contributed by atoms with E-state index in [1.807, 2.05) is 18.2 Å². The van der Waals surface area contributed by atoms with Gasteiger partial charge in [0.25, 0.3) is 5.91 Å². The Balaban J connectivity index is 0.00000182. The third kappa shape index (κ3) is 3.72. The molecule has 2 aliphatic rings. The number of rotatable bonds is 4. The lowest BCUT2D eigenvalue weighted by Crippen LogP contribution is -2.34. The van der Waals surface area contributed by atoms with Gasteiger partial charge in [-0.3, -0.25) is 9.89 Å². The monoisotopic (exact) mass is 360 g/mol. The van der Waals surface area contributed by atoms with Crippen molar-refractivity contribution in [1.29, 1.82) is 0 Å². The number of hydrogen-bond acceptors (Lipinski definition) is 3. The molecule has 6 heteroatoms. The molecule has 1 fully saturated rings. The third-order valence-electron chi connectivity index (χ3n) is 5.34. The van der Waals surface area contributed by atoms with Crippen LogP contribution in [0.4, 0.5) is 0 Å². The van der Waals surface area contributed by atoms with Crippen LogP contribution in [-0.4, -0.2) is 22.6 Å². The number of benzene rings is 1. The Bertz CT molecular complexity index is 709. The molecule has 0 spiro atoms. The highest BCUT2D eigenvalue weighted by Gasteiger charge is 2.30. The standard InChI is InChI=1S/C19H24N4O.ClH/c24-19(18-15-12-20-11-10-16(15)22-23-18)21-17(14-8-4-5-9-14)13-6-2-1-3-7-13;/h1-3,6-7,14,17,20H,4-5,8-12H2,(H,21,24)(H,22,23);1H. The van der Waals surface area contributed by atoms with Crippen molar-refractivity contribution >= 4 is 18.3 Å². The van der Waals surface area contributed by atoms with E-state index in [9.17, 15) is 4.79 Å². The quantitative estimate of drug-likeness (QED) is 0.784. The summed E-state index contributed by atoms with van der Waals surface area (Å²) in [6, 6.07) is 10.4. The summed E-state index contributed by atoms with van der Waals surface area (Å²) in [7, 11) is 0. The molecular formula is C19H25ClN4O. The number of nitrogens with one attached hydrogen (secondary N) is 3. The zero-order valence-corrected chi connectivity index (χ0v) is 15.1. The van der Waals surface area contributed by atoms with E-state index < -0.39 is 0 Å². The summed E-state index contributed by atoms with van der Waals surface area (Å²) >= 11 is 0. The molecule has 0 radical (unpaired) electrons. The molecule has 2 heterocycles. The van der Waals surface area contributed by atoms with Crippen LogP contribution in [0.5, 0.6) is 0 Å². The fourth-order valence-electron chi connectivity index (χ4n) is 4.05. The predicted molar refractivity (Wildman–Crippen MR) is 99.9 cm³/mol. The largest absolute Gasteiger partial charge is 0.344 e. The number of fused-ring (bicyclic) bond motifs is 1. The first kappa shape index (κ1) is 18.0. The van der Waals surface area contributed by atoms with Gasteiger partial charge in [0.15, 0.2) is 5.69 Å². The van der Waals surface area contributed by atoms with E-state index in [0.717, 1.165) is 24.2 Å². The van der Waals surface area contributed by atoms with Gasteiger partial charge in [-0.15, -0.1) is 12.4 Å². The molecule has 1 aliphatic carbocycles. The number of H-pyrrole nitrogens is 1. The minimum Gasteiger partial charge on any atom is -0.344 e. The molecule has 0 saturated heterocycles. The van der Waals surface area contributed by atoms with Crippen molar-refractivity contribution in [3.8, 4) is 0 Å². The van der Waals surface area contributed by atoms with Crippen LogP contribution < -0.4 is 10.6 Å². The van der Waals surface area contributed by atoms with Crippen molar-refractivity contribution in [2.24, 2.45) is 5.92 Å². The lowest BCUT2D eigenvalue weighted by atomic mass is 9.91. The van der Waals surface area contributed by atoms with Gasteiger partial charge in [-0.1, -0.05) is 43.2 Å². The van der Waals surface area contributed by atoms with E-state index in [1.54, 1.807) is 0 Å². The van der Waals surface area contributed by atoms with Gasteiger partial charge in [0.05, 0.1) is 6.04 Å². The Kier molecular flexibility index (Phi) is 5.76. The lowest BCUT2D eigenvalue weighted by Gasteiger charge is -2.25. The summed E-state index contributed by atoms with van der Waals surface area (Å²) in [4.78, 5) is 12.9. The SMILES string of the molecule is Cl.O=C(NC(c1ccccc1)C1CCCC1)c1n[nH]c2c1CNCC2. The lowest BCUT2D eigenvalue weighted by molar-refractivity contribution is 0.0915. The van der Waals surface area contributed by atoms with E-state index in [1.165, 1.54) is 31.2 Å². The summed E-state index contributed by atoms with van der Waals surface area (Å²) in [6.07, 6.45) is 5.78. The number of hydrogen-bond donors (Lipinski definition) is 3. The van der Waals surface area contributed by atoms with Gasteiger partial charge >= 0.3 is 0 Å². The first-order valence-electron chi connectivity index (χ1n) is 8.95. The molecule has 2 aromatic rings. The molecule has 1 aromatic carbocycles. The van der Waals surface area contributed by atoms with E-state index in [0.29, 0.717) is 18.2 Å². The number of amides is 1. The zero-order valence-electron chi connectivity index (χ0n) is 14.3. The summed E-state index contributed by atoms with van der Waals surface area (Å²) < 4.78 is 0. The zero-order chi connectivity index (χ0) is 16.4. The Labute approximate surface area is 154 Å². The smallest absolute Gasteiger partial charge is 0.272 e. The number of carbonyl (C=O) groups excluding carboxylic acids is 1. The number of halogens is 1.